The standard InChI is InChI=1S/C11H19N3O3/c15-6-2-1-4-13-8-9-7-12-3-5-14(9)11(17)10(13)16/h9,12,15H,1-8H2. The summed E-state index contributed by atoms with van der Waals surface area (Å²) < 4.78 is 0. The van der Waals surface area contributed by atoms with Crippen LogP contribution >= 0.6 is 0 Å². The Kier molecular flexibility index (Phi) is 3.96. The Hall–Kier alpha value is -1.14. The van der Waals surface area contributed by atoms with Crippen LogP contribution in [0.3, 0.4) is 0 Å². The van der Waals surface area contributed by atoms with Crippen molar-refractivity contribution in [1.29, 1.82) is 0 Å². The van der Waals surface area contributed by atoms with Crippen LogP contribution in [0.2, 0.25) is 0 Å². The van der Waals surface area contributed by atoms with E-state index in [-0.39, 0.29) is 24.5 Å². The predicted molar refractivity (Wildman–Crippen MR) is 61.3 cm³/mol. The van der Waals surface area contributed by atoms with Crippen molar-refractivity contribution in [1.82, 2.24) is 15.1 Å². The Morgan fingerprint density at radius 1 is 1.29 bits per heavy atom. The number of hydrogen-bond donors (Lipinski definition) is 2. The number of carbonyl (C=O) groups excluding carboxylic acids is 2. The molecule has 6 heteroatoms. The van der Waals surface area contributed by atoms with Crippen LogP contribution in [0, 0.1) is 0 Å². The molecule has 6 nitrogen and oxygen atoms in total. The molecule has 2 aliphatic rings. The van der Waals surface area contributed by atoms with E-state index < -0.39 is 0 Å². The second-order valence-corrected chi connectivity index (χ2v) is 4.54. The average molecular weight is 241 g/mol. The van der Waals surface area contributed by atoms with Gasteiger partial charge < -0.3 is 20.2 Å². The van der Waals surface area contributed by atoms with Crippen molar-refractivity contribution >= 4 is 11.8 Å². The molecular weight excluding hydrogens is 222 g/mol. The van der Waals surface area contributed by atoms with E-state index in [1.807, 2.05) is 0 Å². The topological polar surface area (TPSA) is 72.9 Å². The number of rotatable bonds is 4. The molecule has 0 aliphatic carbocycles. The van der Waals surface area contributed by atoms with Gasteiger partial charge in [-0.1, -0.05) is 0 Å². The zero-order valence-corrected chi connectivity index (χ0v) is 9.89. The lowest BCUT2D eigenvalue weighted by Gasteiger charge is -2.43. The van der Waals surface area contributed by atoms with Crippen molar-refractivity contribution in [3.8, 4) is 0 Å². The fourth-order valence-corrected chi connectivity index (χ4v) is 2.39. The lowest BCUT2D eigenvalue weighted by atomic mass is 10.1. The van der Waals surface area contributed by atoms with Crippen LogP contribution in [0.5, 0.6) is 0 Å². The van der Waals surface area contributed by atoms with Crippen LogP contribution in [0.4, 0.5) is 0 Å². The smallest absolute Gasteiger partial charge is 0.312 e. The van der Waals surface area contributed by atoms with Gasteiger partial charge in [0.15, 0.2) is 0 Å². The molecule has 0 radical (unpaired) electrons. The summed E-state index contributed by atoms with van der Waals surface area (Å²) in [6, 6.07) is 0.114. The SMILES string of the molecule is O=C1C(=O)N2CCNCC2CN1CCCCO. The summed E-state index contributed by atoms with van der Waals surface area (Å²) in [6.45, 7) is 3.46. The van der Waals surface area contributed by atoms with Crippen molar-refractivity contribution in [2.75, 3.05) is 39.3 Å². The molecule has 2 amide bonds. The first-order valence-corrected chi connectivity index (χ1v) is 6.15. The summed E-state index contributed by atoms with van der Waals surface area (Å²) in [5.41, 5.74) is 0. The number of hydrogen-bond acceptors (Lipinski definition) is 4. The molecule has 0 spiro atoms. The van der Waals surface area contributed by atoms with Gasteiger partial charge in [-0.25, -0.2) is 0 Å². The van der Waals surface area contributed by atoms with Crippen molar-refractivity contribution in [2.45, 2.75) is 18.9 Å². The van der Waals surface area contributed by atoms with Gasteiger partial charge in [0.1, 0.15) is 0 Å². The number of nitrogens with one attached hydrogen (secondary N) is 1. The van der Waals surface area contributed by atoms with Gasteiger partial charge in [0, 0.05) is 39.3 Å². The number of amides is 2. The highest BCUT2D eigenvalue weighted by atomic mass is 16.3. The molecule has 2 N–H and O–H groups in total. The molecule has 1 unspecified atom stereocenters. The number of fused-ring (bicyclic) bond motifs is 1. The monoisotopic (exact) mass is 241 g/mol. The Balaban J connectivity index is 1.95. The Morgan fingerprint density at radius 2 is 2.12 bits per heavy atom. The van der Waals surface area contributed by atoms with Crippen molar-refractivity contribution < 1.29 is 14.7 Å². The molecule has 0 aromatic rings. The van der Waals surface area contributed by atoms with Crippen LogP contribution in [-0.2, 0) is 9.59 Å². The van der Waals surface area contributed by atoms with Crippen LogP contribution in [0.15, 0.2) is 0 Å². The quantitative estimate of drug-likeness (QED) is 0.459. The van der Waals surface area contributed by atoms with Crippen molar-refractivity contribution in [3.63, 3.8) is 0 Å². The van der Waals surface area contributed by atoms with Gasteiger partial charge in [0.25, 0.3) is 0 Å². The first kappa shape index (κ1) is 12.3. The average Bonchev–Trinajstić information content (AvgIpc) is 2.35. The van der Waals surface area contributed by atoms with E-state index in [1.54, 1.807) is 9.80 Å². The summed E-state index contributed by atoms with van der Waals surface area (Å²) in [5, 5.41) is 11.9. The number of unbranched alkanes of at least 4 members (excludes halogenated alkanes) is 1. The molecule has 0 bridgehead atoms. The lowest BCUT2D eigenvalue weighted by Crippen LogP contribution is -2.65. The fraction of sp³-hybridized carbons (Fsp3) is 0.818. The second-order valence-electron chi connectivity index (χ2n) is 4.54. The fourth-order valence-electron chi connectivity index (χ4n) is 2.39. The van der Waals surface area contributed by atoms with Crippen LogP contribution in [0.25, 0.3) is 0 Å². The van der Waals surface area contributed by atoms with Gasteiger partial charge in [-0.3, -0.25) is 9.59 Å². The van der Waals surface area contributed by atoms with Crippen molar-refractivity contribution in [2.24, 2.45) is 0 Å². The molecule has 17 heavy (non-hydrogen) atoms. The third kappa shape index (κ3) is 2.58. The molecule has 0 aromatic heterocycles. The van der Waals surface area contributed by atoms with E-state index in [0.29, 0.717) is 26.1 Å². The number of carbonyl (C=O) groups is 2. The Bertz CT molecular complexity index is 308. The van der Waals surface area contributed by atoms with Crippen LogP contribution in [0.1, 0.15) is 12.8 Å². The number of nitrogens with zero attached hydrogens (tertiary/aromatic N) is 2. The van der Waals surface area contributed by atoms with E-state index in [4.69, 9.17) is 5.11 Å². The molecular formula is C11H19N3O3. The van der Waals surface area contributed by atoms with Crippen molar-refractivity contribution in [3.05, 3.63) is 0 Å². The summed E-state index contributed by atoms with van der Waals surface area (Å²) in [5.74, 6) is -0.757. The Morgan fingerprint density at radius 3 is 2.88 bits per heavy atom. The van der Waals surface area contributed by atoms with E-state index in [0.717, 1.165) is 19.5 Å². The van der Waals surface area contributed by atoms with E-state index in [9.17, 15) is 9.59 Å². The van der Waals surface area contributed by atoms with E-state index in [2.05, 4.69) is 5.32 Å². The maximum atomic E-state index is 11.9. The second kappa shape index (κ2) is 5.46. The molecule has 2 heterocycles. The Labute approximate surface area is 101 Å². The minimum absolute atomic E-state index is 0.114. The first-order chi connectivity index (χ1) is 8.24. The lowest BCUT2D eigenvalue weighted by molar-refractivity contribution is -0.159. The van der Waals surface area contributed by atoms with Gasteiger partial charge >= 0.3 is 11.8 Å². The number of aliphatic hydroxyl groups is 1. The highest BCUT2D eigenvalue weighted by molar-refractivity contribution is 6.35. The minimum atomic E-state index is -0.388. The van der Waals surface area contributed by atoms with Gasteiger partial charge in [-0.15, -0.1) is 0 Å². The first-order valence-electron chi connectivity index (χ1n) is 6.15. The van der Waals surface area contributed by atoms with Crippen LogP contribution < -0.4 is 5.32 Å². The molecule has 0 aromatic carbocycles. The summed E-state index contributed by atoms with van der Waals surface area (Å²) >= 11 is 0. The maximum absolute atomic E-state index is 11.9. The maximum Gasteiger partial charge on any atom is 0.312 e. The summed E-state index contributed by atoms with van der Waals surface area (Å²) in [4.78, 5) is 27.0. The van der Waals surface area contributed by atoms with Gasteiger partial charge in [0.05, 0.1) is 6.04 Å². The zero-order chi connectivity index (χ0) is 12.3. The highest BCUT2D eigenvalue weighted by Gasteiger charge is 2.39. The third-order valence-corrected chi connectivity index (χ3v) is 3.35. The molecule has 2 rings (SSSR count). The highest BCUT2D eigenvalue weighted by Crippen LogP contribution is 2.14. The normalized spacial score (nSPS) is 25.1. The van der Waals surface area contributed by atoms with E-state index in [1.165, 1.54) is 0 Å². The van der Waals surface area contributed by atoms with Gasteiger partial charge in [0.2, 0.25) is 0 Å². The number of aliphatic hydroxyl groups excluding tert-OH is 1. The minimum Gasteiger partial charge on any atom is -0.396 e. The zero-order valence-electron chi connectivity index (χ0n) is 9.89. The van der Waals surface area contributed by atoms with Crippen LogP contribution in [-0.4, -0.2) is 72.1 Å². The summed E-state index contributed by atoms with van der Waals surface area (Å²) in [6.07, 6.45) is 1.42. The third-order valence-electron chi connectivity index (χ3n) is 3.35. The summed E-state index contributed by atoms with van der Waals surface area (Å²) in [7, 11) is 0. The largest absolute Gasteiger partial charge is 0.396 e. The molecule has 96 valence electrons. The molecule has 0 saturated carbocycles. The molecule has 2 saturated heterocycles. The molecule has 2 fully saturated rings. The molecule has 1 atom stereocenters. The van der Waals surface area contributed by atoms with Gasteiger partial charge in [-0.2, -0.15) is 0 Å². The molecule has 2 aliphatic heterocycles. The predicted octanol–water partition coefficient (Wildman–Crippen LogP) is -1.60. The van der Waals surface area contributed by atoms with E-state index >= 15 is 0 Å². The number of piperazine rings is 2. The van der Waals surface area contributed by atoms with Gasteiger partial charge in [-0.05, 0) is 12.8 Å².